The SMILES string of the molecule is CC.CC.CC.c1ccc(CCc2cccc(-c3ccccn3)c2)cc1. The zero-order chi connectivity index (χ0) is 19.6. The Morgan fingerprint density at radius 2 is 1.15 bits per heavy atom. The molecule has 0 N–H and O–H groups in total. The van der Waals surface area contributed by atoms with Crippen molar-refractivity contribution in [1.29, 1.82) is 0 Å². The third-order valence-electron chi connectivity index (χ3n) is 3.43. The van der Waals surface area contributed by atoms with E-state index >= 15 is 0 Å². The van der Waals surface area contributed by atoms with Crippen molar-refractivity contribution in [3.63, 3.8) is 0 Å². The largest absolute Gasteiger partial charge is 0.256 e. The molecule has 140 valence electrons. The first-order valence-corrected chi connectivity index (χ1v) is 9.96. The molecule has 26 heavy (non-hydrogen) atoms. The second-order valence-corrected chi connectivity index (χ2v) is 4.90. The van der Waals surface area contributed by atoms with Crippen molar-refractivity contribution < 1.29 is 0 Å². The molecule has 3 rings (SSSR count). The molecule has 1 heteroatoms. The Morgan fingerprint density at radius 1 is 0.577 bits per heavy atom. The van der Waals surface area contributed by atoms with Crippen molar-refractivity contribution in [1.82, 2.24) is 4.98 Å². The van der Waals surface area contributed by atoms with Crippen LogP contribution in [0.1, 0.15) is 52.7 Å². The van der Waals surface area contributed by atoms with E-state index in [-0.39, 0.29) is 0 Å². The maximum Gasteiger partial charge on any atom is 0.0702 e. The van der Waals surface area contributed by atoms with Crippen molar-refractivity contribution in [3.8, 4) is 11.3 Å². The summed E-state index contributed by atoms with van der Waals surface area (Å²) in [5.74, 6) is 0. The fourth-order valence-electron chi connectivity index (χ4n) is 2.35. The van der Waals surface area contributed by atoms with Crippen LogP contribution in [0.3, 0.4) is 0 Å². The minimum atomic E-state index is 1.04. The van der Waals surface area contributed by atoms with E-state index in [1.807, 2.05) is 59.9 Å². The summed E-state index contributed by atoms with van der Waals surface area (Å²) in [7, 11) is 0. The summed E-state index contributed by atoms with van der Waals surface area (Å²) in [4.78, 5) is 4.41. The number of hydrogen-bond acceptors (Lipinski definition) is 1. The molecule has 0 spiro atoms. The fourth-order valence-corrected chi connectivity index (χ4v) is 2.35. The number of aryl methyl sites for hydroxylation is 2. The van der Waals surface area contributed by atoms with Crippen LogP contribution >= 0.6 is 0 Å². The first kappa shape index (κ1) is 23.6. The molecule has 1 nitrogen and oxygen atoms in total. The lowest BCUT2D eigenvalue weighted by Crippen LogP contribution is -1.92. The van der Waals surface area contributed by atoms with Gasteiger partial charge in [-0.3, -0.25) is 4.98 Å². The summed E-state index contributed by atoms with van der Waals surface area (Å²) in [6.07, 6.45) is 3.98. The van der Waals surface area contributed by atoms with Gasteiger partial charge >= 0.3 is 0 Å². The maximum absolute atomic E-state index is 4.41. The summed E-state index contributed by atoms with van der Waals surface area (Å²) in [6.45, 7) is 12.0. The smallest absolute Gasteiger partial charge is 0.0702 e. The highest BCUT2D eigenvalue weighted by Gasteiger charge is 2.00. The van der Waals surface area contributed by atoms with Crippen LogP contribution in [0.25, 0.3) is 11.3 Å². The molecule has 1 aromatic heterocycles. The third kappa shape index (κ3) is 8.62. The highest BCUT2D eigenvalue weighted by atomic mass is 14.7. The summed E-state index contributed by atoms with van der Waals surface area (Å²) >= 11 is 0. The molecule has 0 saturated carbocycles. The lowest BCUT2D eigenvalue weighted by atomic mass is 10.0. The molecule has 3 aromatic rings. The maximum atomic E-state index is 4.41. The summed E-state index contributed by atoms with van der Waals surface area (Å²) < 4.78 is 0. The van der Waals surface area contributed by atoms with Crippen molar-refractivity contribution >= 4 is 0 Å². The van der Waals surface area contributed by atoms with Crippen molar-refractivity contribution in [2.45, 2.75) is 54.4 Å². The number of pyridine rings is 1. The number of nitrogens with zero attached hydrogens (tertiary/aromatic N) is 1. The molecule has 0 fully saturated rings. The van der Waals surface area contributed by atoms with E-state index < -0.39 is 0 Å². The van der Waals surface area contributed by atoms with Crippen molar-refractivity contribution in [3.05, 3.63) is 90.1 Å². The first-order chi connectivity index (χ1) is 12.9. The second-order valence-electron chi connectivity index (χ2n) is 4.90. The predicted octanol–water partition coefficient (Wildman–Crippen LogP) is 7.61. The molecule has 0 unspecified atom stereocenters. The molecule has 0 atom stereocenters. The van der Waals surface area contributed by atoms with Crippen LogP contribution in [0.2, 0.25) is 0 Å². The number of rotatable bonds is 4. The Kier molecular flexibility index (Phi) is 14.6. The van der Waals surface area contributed by atoms with Crippen LogP contribution in [0, 0.1) is 0 Å². The molecule has 0 saturated heterocycles. The van der Waals surface area contributed by atoms with Gasteiger partial charge < -0.3 is 0 Å². The average Bonchev–Trinajstić information content (AvgIpc) is 2.78. The summed E-state index contributed by atoms with van der Waals surface area (Å²) in [5.41, 5.74) is 4.97. The lowest BCUT2D eigenvalue weighted by Gasteiger charge is -2.05. The van der Waals surface area contributed by atoms with E-state index in [0.717, 1.165) is 18.5 Å². The van der Waals surface area contributed by atoms with E-state index in [4.69, 9.17) is 0 Å². The highest BCUT2D eigenvalue weighted by Crippen LogP contribution is 2.18. The van der Waals surface area contributed by atoms with Crippen LogP contribution in [0.15, 0.2) is 79.0 Å². The van der Waals surface area contributed by atoms with Gasteiger partial charge in [0, 0.05) is 11.8 Å². The minimum absolute atomic E-state index is 1.04. The standard InChI is InChI=1S/C19H17N.3C2H6/c1-2-7-16(8-3-1)12-13-17-9-6-10-18(15-17)19-11-4-5-14-20-19;3*1-2/h1-11,14-15H,12-13H2;3*1-2H3. The van der Waals surface area contributed by atoms with Crippen LogP contribution < -0.4 is 0 Å². The minimum Gasteiger partial charge on any atom is -0.256 e. The topological polar surface area (TPSA) is 12.9 Å². The average molecular weight is 350 g/mol. The Bertz CT molecular complexity index is 660. The second kappa shape index (κ2) is 16.1. The third-order valence-corrected chi connectivity index (χ3v) is 3.43. The molecular weight excluding hydrogens is 314 g/mol. The zero-order valence-corrected chi connectivity index (χ0v) is 17.4. The van der Waals surface area contributed by atoms with E-state index in [1.165, 1.54) is 16.7 Å². The normalized spacial score (nSPS) is 8.69. The Labute approximate surface area is 161 Å². The van der Waals surface area contributed by atoms with Gasteiger partial charge in [0.15, 0.2) is 0 Å². The van der Waals surface area contributed by atoms with E-state index in [2.05, 4.69) is 65.6 Å². The summed E-state index contributed by atoms with van der Waals surface area (Å²) in [5, 5.41) is 0. The monoisotopic (exact) mass is 349 g/mol. The highest BCUT2D eigenvalue weighted by molar-refractivity contribution is 5.59. The van der Waals surface area contributed by atoms with Crippen LogP contribution in [-0.2, 0) is 12.8 Å². The van der Waals surface area contributed by atoms with Gasteiger partial charge in [-0.15, -0.1) is 0 Å². The van der Waals surface area contributed by atoms with Gasteiger partial charge in [0.1, 0.15) is 0 Å². The van der Waals surface area contributed by atoms with Crippen molar-refractivity contribution in [2.24, 2.45) is 0 Å². The summed E-state index contributed by atoms with van der Waals surface area (Å²) in [6, 6.07) is 25.3. The van der Waals surface area contributed by atoms with Gasteiger partial charge in [0.05, 0.1) is 5.69 Å². The lowest BCUT2D eigenvalue weighted by molar-refractivity contribution is 0.960. The molecular formula is C25H35N. The van der Waals surface area contributed by atoms with Gasteiger partial charge in [-0.1, -0.05) is 96.1 Å². The van der Waals surface area contributed by atoms with E-state index in [0.29, 0.717) is 0 Å². The number of hydrogen-bond donors (Lipinski definition) is 0. The van der Waals surface area contributed by atoms with Crippen LogP contribution in [-0.4, -0.2) is 4.98 Å². The van der Waals surface area contributed by atoms with Gasteiger partial charge in [-0.2, -0.15) is 0 Å². The molecule has 0 amide bonds. The Morgan fingerprint density at radius 3 is 1.77 bits per heavy atom. The van der Waals surface area contributed by atoms with Crippen molar-refractivity contribution in [2.75, 3.05) is 0 Å². The fraction of sp³-hybridized carbons (Fsp3) is 0.320. The van der Waals surface area contributed by atoms with E-state index in [9.17, 15) is 0 Å². The van der Waals surface area contributed by atoms with Crippen LogP contribution in [0.5, 0.6) is 0 Å². The Hall–Kier alpha value is -2.41. The first-order valence-electron chi connectivity index (χ1n) is 9.96. The Balaban J connectivity index is 0.000000948. The zero-order valence-electron chi connectivity index (χ0n) is 17.4. The molecule has 0 aliphatic heterocycles. The van der Waals surface area contributed by atoms with Gasteiger partial charge in [-0.05, 0) is 42.2 Å². The molecule has 0 radical (unpaired) electrons. The van der Waals surface area contributed by atoms with Gasteiger partial charge in [-0.25, -0.2) is 0 Å². The van der Waals surface area contributed by atoms with Gasteiger partial charge in [0.2, 0.25) is 0 Å². The molecule has 0 aliphatic carbocycles. The number of benzene rings is 2. The quantitative estimate of drug-likeness (QED) is 0.472. The molecule has 2 aromatic carbocycles. The van der Waals surface area contributed by atoms with E-state index in [1.54, 1.807) is 0 Å². The number of aromatic nitrogens is 1. The van der Waals surface area contributed by atoms with Crippen LogP contribution in [0.4, 0.5) is 0 Å². The molecule has 1 heterocycles. The molecule has 0 aliphatic rings. The molecule has 0 bridgehead atoms. The predicted molar refractivity (Wildman–Crippen MR) is 118 cm³/mol. The van der Waals surface area contributed by atoms with Gasteiger partial charge in [0.25, 0.3) is 0 Å².